The van der Waals surface area contributed by atoms with Crippen molar-refractivity contribution in [2.24, 2.45) is 5.92 Å². The molecule has 0 atom stereocenters. The summed E-state index contributed by atoms with van der Waals surface area (Å²) in [5.74, 6) is -2.05. The van der Waals surface area contributed by atoms with Crippen LogP contribution in [-0.2, 0) is 4.79 Å². The van der Waals surface area contributed by atoms with Crippen LogP contribution >= 0.6 is 0 Å². The zero-order valence-electron chi connectivity index (χ0n) is 16.4. The van der Waals surface area contributed by atoms with Gasteiger partial charge in [0.1, 0.15) is 11.6 Å². The molecule has 0 unspecified atom stereocenters. The van der Waals surface area contributed by atoms with E-state index in [1.807, 2.05) is 0 Å². The van der Waals surface area contributed by atoms with Crippen LogP contribution in [0.4, 0.5) is 8.78 Å². The van der Waals surface area contributed by atoms with Crippen LogP contribution in [0.2, 0.25) is 0 Å². The van der Waals surface area contributed by atoms with Crippen LogP contribution in [0.5, 0.6) is 0 Å². The first-order chi connectivity index (χ1) is 13.5. The van der Waals surface area contributed by atoms with Gasteiger partial charge in [0.05, 0.1) is 5.56 Å². The van der Waals surface area contributed by atoms with Crippen LogP contribution in [0, 0.1) is 17.6 Å². The van der Waals surface area contributed by atoms with Crippen molar-refractivity contribution in [2.45, 2.75) is 45.1 Å². The predicted octanol–water partition coefficient (Wildman–Crippen LogP) is 2.81. The number of halogens is 2. The van der Waals surface area contributed by atoms with Crippen LogP contribution in [0.25, 0.3) is 0 Å². The number of rotatable bonds is 5. The van der Waals surface area contributed by atoms with Crippen molar-refractivity contribution in [3.8, 4) is 0 Å². The van der Waals surface area contributed by atoms with E-state index in [1.54, 1.807) is 4.90 Å². The van der Waals surface area contributed by atoms with Crippen molar-refractivity contribution < 1.29 is 18.4 Å². The number of nitrogens with one attached hydrogen (secondary N) is 1. The Hall–Kier alpha value is -2.02. The lowest BCUT2D eigenvalue weighted by Gasteiger charge is -2.35. The highest BCUT2D eigenvalue weighted by atomic mass is 19.1. The quantitative estimate of drug-likeness (QED) is 0.837. The highest BCUT2D eigenvalue weighted by Gasteiger charge is 2.30. The Morgan fingerprint density at radius 1 is 1.07 bits per heavy atom. The molecule has 0 aromatic heterocycles. The van der Waals surface area contributed by atoms with Crippen LogP contribution < -0.4 is 5.32 Å². The molecular weight excluding hydrogens is 364 g/mol. The summed E-state index contributed by atoms with van der Waals surface area (Å²) in [4.78, 5) is 29.0. The predicted molar refractivity (Wildman–Crippen MR) is 103 cm³/mol. The standard InChI is InChI=1S/C21H29F2N3O2/c1-2-9-25-10-7-17(8-11-25)24-20(27)15-5-12-26(13-6-15)21(28)18-4-3-16(22)14-19(18)23/h3-4,14-15,17H,2,5-13H2,1H3,(H,24,27). The number of benzene rings is 1. The Balaban J connectivity index is 1.46. The molecule has 0 saturated carbocycles. The van der Waals surface area contributed by atoms with Gasteiger partial charge in [0.15, 0.2) is 0 Å². The summed E-state index contributed by atoms with van der Waals surface area (Å²) in [6.07, 6.45) is 4.24. The second kappa shape index (κ2) is 9.45. The van der Waals surface area contributed by atoms with Crippen molar-refractivity contribution >= 4 is 11.8 Å². The molecule has 1 N–H and O–H groups in total. The first kappa shape index (κ1) is 20.7. The maximum Gasteiger partial charge on any atom is 0.256 e. The zero-order chi connectivity index (χ0) is 20.1. The number of hydrogen-bond acceptors (Lipinski definition) is 3. The first-order valence-electron chi connectivity index (χ1n) is 10.2. The van der Waals surface area contributed by atoms with Gasteiger partial charge in [-0.15, -0.1) is 0 Å². The SMILES string of the molecule is CCCN1CCC(NC(=O)C2CCN(C(=O)c3ccc(F)cc3F)CC2)CC1. The first-order valence-corrected chi connectivity index (χ1v) is 10.2. The molecule has 0 radical (unpaired) electrons. The summed E-state index contributed by atoms with van der Waals surface area (Å²) in [6, 6.07) is 3.21. The minimum Gasteiger partial charge on any atom is -0.353 e. The second-order valence-corrected chi connectivity index (χ2v) is 7.82. The Morgan fingerprint density at radius 3 is 2.36 bits per heavy atom. The van der Waals surface area contributed by atoms with E-state index in [1.165, 1.54) is 6.07 Å². The molecule has 3 rings (SSSR count). The van der Waals surface area contributed by atoms with E-state index in [0.717, 1.165) is 51.0 Å². The second-order valence-electron chi connectivity index (χ2n) is 7.82. The minimum atomic E-state index is -0.848. The monoisotopic (exact) mass is 393 g/mol. The normalized spacial score (nSPS) is 19.6. The number of carbonyl (C=O) groups is 2. The molecule has 0 spiro atoms. The Labute approximate surface area is 165 Å². The molecule has 5 nitrogen and oxygen atoms in total. The number of carbonyl (C=O) groups excluding carboxylic acids is 2. The topological polar surface area (TPSA) is 52.7 Å². The molecule has 2 aliphatic rings. The van der Waals surface area contributed by atoms with Gasteiger partial charge in [-0.1, -0.05) is 6.92 Å². The molecule has 2 fully saturated rings. The Morgan fingerprint density at radius 2 is 1.75 bits per heavy atom. The highest BCUT2D eigenvalue weighted by molar-refractivity contribution is 5.94. The maximum atomic E-state index is 13.8. The molecule has 28 heavy (non-hydrogen) atoms. The fourth-order valence-corrected chi connectivity index (χ4v) is 4.11. The fourth-order valence-electron chi connectivity index (χ4n) is 4.11. The van der Waals surface area contributed by atoms with Crippen molar-refractivity contribution in [3.05, 3.63) is 35.4 Å². The van der Waals surface area contributed by atoms with Crippen molar-refractivity contribution in [1.82, 2.24) is 15.1 Å². The van der Waals surface area contributed by atoms with Crippen LogP contribution in [0.1, 0.15) is 49.4 Å². The van der Waals surface area contributed by atoms with Gasteiger partial charge in [-0.25, -0.2) is 8.78 Å². The third-order valence-corrected chi connectivity index (χ3v) is 5.79. The van der Waals surface area contributed by atoms with Gasteiger partial charge in [-0.2, -0.15) is 0 Å². The number of piperidine rings is 2. The van der Waals surface area contributed by atoms with Crippen molar-refractivity contribution in [2.75, 3.05) is 32.7 Å². The van der Waals surface area contributed by atoms with E-state index in [2.05, 4.69) is 17.1 Å². The van der Waals surface area contributed by atoms with E-state index >= 15 is 0 Å². The van der Waals surface area contributed by atoms with Gasteiger partial charge in [-0.3, -0.25) is 9.59 Å². The molecule has 2 saturated heterocycles. The lowest BCUT2D eigenvalue weighted by atomic mass is 9.94. The lowest BCUT2D eigenvalue weighted by Crippen LogP contribution is -2.48. The molecule has 0 aliphatic carbocycles. The molecule has 2 amide bonds. The Bertz CT molecular complexity index is 697. The fraction of sp³-hybridized carbons (Fsp3) is 0.619. The van der Waals surface area contributed by atoms with Crippen LogP contribution in [0.3, 0.4) is 0 Å². The number of likely N-dealkylation sites (tertiary alicyclic amines) is 2. The van der Waals surface area contributed by atoms with E-state index < -0.39 is 17.5 Å². The van der Waals surface area contributed by atoms with E-state index in [0.29, 0.717) is 25.9 Å². The molecular formula is C21H29F2N3O2. The largest absolute Gasteiger partial charge is 0.353 e. The molecule has 2 heterocycles. The van der Waals surface area contributed by atoms with Crippen molar-refractivity contribution in [1.29, 1.82) is 0 Å². The average Bonchev–Trinajstić information content (AvgIpc) is 2.69. The summed E-state index contributed by atoms with van der Waals surface area (Å²) in [6.45, 7) is 6.15. The summed E-state index contributed by atoms with van der Waals surface area (Å²) < 4.78 is 26.9. The van der Waals surface area contributed by atoms with E-state index in [9.17, 15) is 18.4 Å². The summed E-state index contributed by atoms with van der Waals surface area (Å²) in [5, 5.41) is 3.17. The molecule has 1 aromatic carbocycles. The van der Waals surface area contributed by atoms with Gasteiger partial charge in [0.25, 0.3) is 5.91 Å². The van der Waals surface area contributed by atoms with Crippen LogP contribution in [-0.4, -0.2) is 60.4 Å². The van der Waals surface area contributed by atoms with Gasteiger partial charge in [-0.05, 0) is 50.8 Å². The third-order valence-electron chi connectivity index (χ3n) is 5.79. The summed E-state index contributed by atoms with van der Waals surface area (Å²) in [7, 11) is 0. The zero-order valence-corrected chi connectivity index (χ0v) is 16.4. The highest BCUT2D eigenvalue weighted by Crippen LogP contribution is 2.21. The molecule has 7 heteroatoms. The van der Waals surface area contributed by atoms with Gasteiger partial charge >= 0.3 is 0 Å². The lowest BCUT2D eigenvalue weighted by molar-refractivity contribution is -0.127. The molecule has 1 aromatic rings. The number of nitrogens with zero attached hydrogens (tertiary/aromatic N) is 2. The molecule has 2 aliphatic heterocycles. The minimum absolute atomic E-state index is 0.0639. The van der Waals surface area contributed by atoms with Gasteiger partial charge < -0.3 is 15.1 Å². The van der Waals surface area contributed by atoms with Crippen LogP contribution in [0.15, 0.2) is 18.2 Å². The maximum absolute atomic E-state index is 13.8. The number of amides is 2. The van der Waals surface area contributed by atoms with E-state index in [4.69, 9.17) is 0 Å². The smallest absolute Gasteiger partial charge is 0.256 e. The van der Waals surface area contributed by atoms with Crippen molar-refractivity contribution in [3.63, 3.8) is 0 Å². The number of hydrogen-bond donors (Lipinski definition) is 1. The molecule has 154 valence electrons. The Kier molecular flexibility index (Phi) is 6.99. The third kappa shape index (κ3) is 5.07. The summed E-state index contributed by atoms with van der Waals surface area (Å²) in [5.41, 5.74) is -0.122. The van der Waals surface area contributed by atoms with Gasteiger partial charge in [0, 0.05) is 44.2 Å². The molecule has 0 bridgehead atoms. The summed E-state index contributed by atoms with van der Waals surface area (Å²) >= 11 is 0. The average molecular weight is 393 g/mol. The van der Waals surface area contributed by atoms with Gasteiger partial charge in [0.2, 0.25) is 5.91 Å². The van der Waals surface area contributed by atoms with E-state index in [-0.39, 0.29) is 23.4 Å².